The molecular weight excluding hydrogens is 246 g/mol. The van der Waals surface area contributed by atoms with Crippen molar-refractivity contribution < 1.29 is 8.78 Å². The zero-order chi connectivity index (χ0) is 13.8. The molecule has 0 aromatic heterocycles. The number of rotatable bonds is 3. The van der Waals surface area contributed by atoms with Gasteiger partial charge in [0.25, 0.3) is 0 Å². The van der Waals surface area contributed by atoms with Gasteiger partial charge in [-0.2, -0.15) is 0 Å². The SMILES string of the molecule is CC(C)N1CCCC(Nc2c(F)cccc2F)CC1. The molecule has 0 radical (unpaired) electrons. The fourth-order valence-electron chi connectivity index (χ4n) is 2.62. The molecule has 1 fully saturated rings. The van der Waals surface area contributed by atoms with Crippen molar-refractivity contribution in [2.45, 2.75) is 45.2 Å². The lowest BCUT2D eigenvalue weighted by molar-refractivity contribution is 0.230. The smallest absolute Gasteiger partial charge is 0.149 e. The number of nitrogens with one attached hydrogen (secondary N) is 1. The molecule has 19 heavy (non-hydrogen) atoms. The van der Waals surface area contributed by atoms with Gasteiger partial charge in [0.1, 0.15) is 17.3 Å². The Morgan fingerprint density at radius 3 is 2.47 bits per heavy atom. The largest absolute Gasteiger partial charge is 0.378 e. The van der Waals surface area contributed by atoms with Crippen LogP contribution >= 0.6 is 0 Å². The number of anilines is 1. The predicted molar refractivity (Wildman–Crippen MR) is 74.3 cm³/mol. The Hall–Kier alpha value is -1.16. The number of likely N-dealkylation sites (tertiary alicyclic amines) is 1. The summed E-state index contributed by atoms with van der Waals surface area (Å²) < 4.78 is 27.2. The summed E-state index contributed by atoms with van der Waals surface area (Å²) in [5.41, 5.74) is 0.0190. The summed E-state index contributed by atoms with van der Waals surface area (Å²) in [7, 11) is 0. The maximum atomic E-state index is 13.6. The van der Waals surface area contributed by atoms with Crippen LogP contribution in [-0.2, 0) is 0 Å². The van der Waals surface area contributed by atoms with E-state index in [0.717, 1.165) is 32.4 Å². The second-order valence-electron chi connectivity index (χ2n) is 5.50. The molecule has 1 aliphatic heterocycles. The topological polar surface area (TPSA) is 15.3 Å². The molecule has 1 saturated heterocycles. The number of para-hydroxylation sites is 1. The van der Waals surface area contributed by atoms with Gasteiger partial charge in [0.15, 0.2) is 0 Å². The van der Waals surface area contributed by atoms with Crippen LogP contribution in [0, 0.1) is 11.6 Å². The van der Waals surface area contributed by atoms with Crippen molar-refractivity contribution in [2.24, 2.45) is 0 Å². The number of halogens is 2. The molecule has 0 saturated carbocycles. The number of hydrogen-bond acceptors (Lipinski definition) is 2. The van der Waals surface area contributed by atoms with Crippen molar-refractivity contribution in [3.8, 4) is 0 Å². The van der Waals surface area contributed by atoms with E-state index in [-0.39, 0.29) is 11.7 Å². The molecule has 2 nitrogen and oxygen atoms in total. The normalized spacial score (nSPS) is 21.4. The average Bonchev–Trinajstić information content (AvgIpc) is 2.59. The minimum absolute atomic E-state index is 0.0190. The highest BCUT2D eigenvalue weighted by atomic mass is 19.1. The summed E-state index contributed by atoms with van der Waals surface area (Å²) in [5.74, 6) is -1.02. The first-order chi connectivity index (χ1) is 9.08. The minimum atomic E-state index is -0.509. The van der Waals surface area contributed by atoms with Crippen LogP contribution in [-0.4, -0.2) is 30.1 Å². The molecule has 4 heteroatoms. The molecule has 1 atom stereocenters. The van der Waals surface area contributed by atoms with Crippen LogP contribution in [0.1, 0.15) is 33.1 Å². The minimum Gasteiger partial charge on any atom is -0.378 e. The Morgan fingerprint density at radius 2 is 1.84 bits per heavy atom. The van der Waals surface area contributed by atoms with E-state index in [4.69, 9.17) is 0 Å². The first-order valence-corrected chi connectivity index (χ1v) is 7.02. The van der Waals surface area contributed by atoms with Crippen molar-refractivity contribution in [1.29, 1.82) is 0 Å². The van der Waals surface area contributed by atoms with Gasteiger partial charge >= 0.3 is 0 Å². The second-order valence-corrected chi connectivity index (χ2v) is 5.50. The Kier molecular flexibility index (Phi) is 4.75. The number of hydrogen-bond donors (Lipinski definition) is 1. The van der Waals surface area contributed by atoms with Gasteiger partial charge in [0, 0.05) is 18.6 Å². The molecule has 1 heterocycles. The molecule has 2 rings (SSSR count). The Bertz CT molecular complexity index is 400. The maximum Gasteiger partial charge on any atom is 0.149 e. The van der Waals surface area contributed by atoms with E-state index in [2.05, 4.69) is 24.1 Å². The van der Waals surface area contributed by atoms with E-state index >= 15 is 0 Å². The van der Waals surface area contributed by atoms with Gasteiger partial charge in [-0.25, -0.2) is 8.78 Å². The molecule has 1 N–H and O–H groups in total. The third-order valence-electron chi connectivity index (χ3n) is 3.80. The van der Waals surface area contributed by atoms with Gasteiger partial charge in [-0.15, -0.1) is 0 Å². The summed E-state index contributed by atoms with van der Waals surface area (Å²) in [6.07, 6.45) is 2.94. The Labute approximate surface area is 113 Å². The highest BCUT2D eigenvalue weighted by Gasteiger charge is 2.20. The molecule has 1 unspecified atom stereocenters. The standard InChI is InChI=1S/C15H22F2N2/c1-11(2)19-9-4-5-12(8-10-19)18-15-13(16)6-3-7-14(15)17/h3,6-7,11-12,18H,4-5,8-10H2,1-2H3. The third-order valence-corrected chi connectivity index (χ3v) is 3.80. The highest BCUT2D eigenvalue weighted by molar-refractivity contribution is 5.46. The Morgan fingerprint density at radius 1 is 1.16 bits per heavy atom. The van der Waals surface area contributed by atoms with Crippen molar-refractivity contribution >= 4 is 5.69 Å². The lowest BCUT2D eigenvalue weighted by atomic mass is 10.1. The molecule has 1 aromatic carbocycles. The molecule has 0 bridgehead atoms. The van der Waals surface area contributed by atoms with Gasteiger partial charge < -0.3 is 10.2 Å². The summed E-state index contributed by atoms with van der Waals surface area (Å²) in [6, 6.07) is 4.66. The van der Waals surface area contributed by atoms with Crippen molar-refractivity contribution in [3.63, 3.8) is 0 Å². The molecule has 106 valence electrons. The second kappa shape index (κ2) is 6.33. The first kappa shape index (κ1) is 14.3. The quantitative estimate of drug-likeness (QED) is 0.900. The molecular formula is C15H22F2N2. The van der Waals surface area contributed by atoms with Crippen LogP contribution in [0.15, 0.2) is 18.2 Å². The molecule has 0 aliphatic carbocycles. The van der Waals surface area contributed by atoms with E-state index in [1.165, 1.54) is 18.2 Å². The molecule has 1 aliphatic rings. The fraction of sp³-hybridized carbons (Fsp3) is 0.600. The van der Waals surface area contributed by atoms with Gasteiger partial charge in [-0.3, -0.25) is 0 Å². The first-order valence-electron chi connectivity index (χ1n) is 7.02. The van der Waals surface area contributed by atoms with Crippen LogP contribution in [0.25, 0.3) is 0 Å². The monoisotopic (exact) mass is 268 g/mol. The zero-order valence-electron chi connectivity index (χ0n) is 11.6. The van der Waals surface area contributed by atoms with Crippen molar-refractivity contribution in [2.75, 3.05) is 18.4 Å². The summed E-state index contributed by atoms with van der Waals surface area (Å²) >= 11 is 0. The zero-order valence-corrected chi connectivity index (χ0v) is 11.6. The third kappa shape index (κ3) is 3.66. The molecule has 0 spiro atoms. The molecule has 0 amide bonds. The highest BCUT2D eigenvalue weighted by Crippen LogP contribution is 2.22. The van der Waals surface area contributed by atoms with Crippen LogP contribution in [0.3, 0.4) is 0 Å². The van der Waals surface area contributed by atoms with Crippen LogP contribution in [0.4, 0.5) is 14.5 Å². The number of nitrogens with zero attached hydrogens (tertiary/aromatic N) is 1. The van der Waals surface area contributed by atoms with Crippen LogP contribution in [0.5, 0.6) is 0 Å². The van der Waals surface area contributed by atoms with Gasteiger partial charge in [-0.1, -0.05) is 6.07 Å². The summed E-state index contributed by atoms with van der Waals surface area (Å²) in [5, 5.41) is 3.04. The lowest BCUT2D eigenvalue weighted by Gasteiger charge is -2.24. The number of benzene rings is 1. The van der Waals surface area contributed by atoms with E-state index in [1.54, 1.807) is 0 Å². The fourth-order valence-corrected chi connectivity index (χ4v) is 2.62. The van der Waals surface area contributed by atoms with Gasteiger partial charge in [0.05, 0.1) is 0 Å². The van der Waals surface area contributed by atoms with Crippen molar-refractivity contribution in [1.82, 2.24) is 4.90 Å². The Balaban J connectivity index is 2.00. The summed E-state index contributed by atoms with van der Waals surface area (Å²) in [4.78, 5) is 2.42. The van der Waals surface area contributed by atoms with Crippen molar-refractivity contribution in [3.05, 3.63) is 29.8 Å². The molecule has 1 aromatic rings. The van der Waals surface area contributed by atoms with Gasteiger partial charge in [0.2, 0.25) is 0 Å². The average molecular weight is 268 g/mol. The van der Waals surface area contributed by atoms with Gasteiger partial charge in [-0.05, 0) is 51.8 Å². The van der Waals surface area contributed by atoms with E-state index < -0.39 is 11.6 Å². The van der Waals surface area contributed by atoms with E-state index in [0.29, 0.717) is 6.04 Å². The maximum absolute atomic E-state index is 13.6. The van der Waals surface area contributed by atoms with Crippen LogP contribution < -0.4 is 5.32 Å². The van der Waals surface area contributed by atoms with Crippen LogP contribution in [0.2, 0.25) is 0 Å². The summed E-state index contributed by atoms with van der Waals surface area (Å²) in [6.45, 7) is 6.41. The van der Waals surface area contributed by atoms with E-state index in [9.17, 15) is 8.78 Å². The van der Waals surface area contributed by atoms with E-state index in [1.807, 2.05) is 0 Å². The lowest BCUT2D eigenvalue weighted by Crippen LogP contribution is -2.32. The predicted octanol–water partition coefficient (Wildman–Crippen LogP) is 3.64.